The Morgan fingerprint density at radius 2 is 1.86 bits per heavy atom. The van der Waals surface area contributed by atoms with E-state index in [-0.39, 0.29) is 12.3 Å². The van der Waals surface area contributed by atoms with Crippen LogP contribution in [-0.4, -0.2) is 24.9 Å². The van der Waals surface area contributed by atoms with Crippen LogP contribution in [0.2, 0.25) is 0 Å². The zero-order valence-corrected chi connectivity index (χ0v) is 15.7. The van der Waals surface area contributed by atoms with Gasteiger partial charge in [-0.2, -0.15) is 5.10 Å². The van der Waals surface area contributed by atoms with Crippen LogP contribution in [0.5, 0.6) is 17.2 Å². The zero-order chi connectivity index (χ0) is 19.1. The van der Waals surface area contributed by atoms with E-state index < -0.39 is 0 Å². The fourth-order valence-electron chi connectivity index (χ4n) is 3.82. The molecule has 2 unspecified atom stereocenters. The second-order valence-electron chi connectivity index (χ2n) is 6.75. The fraction of sp³-hybridized carbons (Fsp3) is 0.227. The summed E-state index contributed by atoms with van der Waals surface area (Å²) in [6.45, 7) is 0. The monoisotopic (exact) mass is 376 g/mol. The number of rotatable bonds is 4. The molecule has 0 fully saturated rings. The number of hydrogen-bond donors (Lipinski definition) is 0. The number of para-hydroxylation sites is 1. The third kappa shape index (κ3) is 2.60. The summed E-state index contributed by atoms with van der Waals surface area (Å²) in [7, 11) is 3.32. The maximum atomic E-state index is 6.42. The second kappa shape index (κ2) is 6.64. The molecule has 0 N–H and O–H groups in total. The van der Waals surface area contributed by atoms with Gasteiger partial charge in [-0.05, 0) is 42.5 Å². The van der Waals surface area contributed by atoms with Crippen molar-refractivity contribution in [1.29, 1.82) is 0 Å². The molecule has 1 aromatic heterocycles. The summed E-state index contributed by atoms with van der Waals surface area (Å²) in [6, 6.07) is 17.7. The predicted molar refractivity (Wildman–Crippen MR) is 104 cm³/mol. The van der Waals surface area contributed by atoms with Gasteiger partial charge < -0.3 is 18.6 Å². The average Bonchev–Trinajstić information content (AvgIpc) is 3.42. The molecular formula is C22H20N2O4. The number of fused-ring (bicyclic) bond motifs is 3. The molecule has 0 bridgehead atoms. The Bertz CT molecular complexity index is 1010. The number of benzene rings is 2. The lowest BCUT2D eigenvalue weighted by atomic mass is 9.97. The molecule has 142 valence electrons. The summed E-state index contributed by atoms with van der Waals surface area (Å²) < 4.78 is 22.9. The number of hydrogen-bond acceptors (Lipinski definition) is 6. The molecule has 2 aliphatic heterocycles. The standard InChI is InChI=1S/C22H20N2O4/c1-25-15-10-8-14(9-11-15)22-24-18(13-17(23-24)19-7-4-12-27-19)16-5-3-6-20(26-2)21(16)28-22/h3-12,18,22H,13H2,1-2H3. The van der Waals surface area contributed by atoms with Crippen molar-refractivity contribution in [3.05, 3.63) is 77.7 Å². The maximum Gasteiger partial charge on any atom is 0.214 e. The SMILES string of the molecule is COc1ccc(C2Oc3c(OC)cccc3C3CC(c4ccco4)=NN32)cc1. The van der Waals surface area contributed by atoms with Crippen molar-refractivity contribution in [2.45, 2.75) is 18.7 Å². The van der Waals surface area contributed by atoms with Gasteiger partial charge in [0.15, 0.2) is 11.5 Å². The Hall–Kier alpha value is -3.41. The largest absolute Gasteiger partial charge is 0.497 e. The average molecular weight is 376 g/mol. The lowest BCUT2D eigenvalue weighted by Crippen LogP contribution is -2.33. The Labute approximate surface area is 162 Å². The van der Waals surface area contributed by atoms with Crippen LogP contribution in [0.25, 0.3) is 0 Å². The molecule has 0 aliphatic carbocycles. The highest BCUT2D eigenvalue weighted by Gasteiger charge is 2.42. The Morgan fingerprint density at radius 1 is 1.00 bits per heavy atom. The fourth-order valence-corrected chi connectivity index (χ4v) is 3.82. The molecule has 5 rings (SSSR count). The van der Waals surface area contributed by atoms with E-state index >= 15 is 0 Å². The van der Waals surface area contributed by atoms with E-state index in [1.807, 2.05) is 53.5 Å². The smallest absolute Gasteiger partial charge is 0.214 e. The molecule has 0 spiro atoms. The molecule has 2 atom stereocenters. The summed E-state index contributed by atoms with van der Waals surface area (Å²) in [5.41, 5.74) is 2.97. The highest BCUT2D eigenvalue weighted by atomic mass is 16.5. The van der Waals surface area contributed by atoms with Crippen molar-refractivity contribution in [2.24, 2.45) is 5.10 Å². The van der Waals surface area contributed by atoms with Gasteiger partial charge in [-0.1, -0.05) is 12.1 Å². The van der Waals surface area contributed by atoms with Gasteiger partial charge in [-0.25, -0.2) is 5.01 Å². The van der Waals surface area contributed by atoms with E-state index in [2.05, 4.69) is 6.07 Å². The Kier molecular flexibility index (Phi) is 3.97. The van der Waals surface area contributed by atoms with E-state index in [1.54, 1.807) is 20.5 Å². The first-order chi connectivity index (χ1) is 13.8. The summed E-state index contributed by atoms with van der Waals surface area (Å²) in [5.74, 6) is 3.08. The lowest BCUT2D eigenvalue weighted by Gasteiger charge is -2.38. The first-order valence-corrected chi connectivity index (χ1v) is 9.15. The van der Waals surface area contributed by atoms with E-state index in [4.69, 9.17) is 23.7 Å². The highest BCUT2D eigenvalue weighted by molar-refractivity contribution is 5.99. The van der Waals surface area contributed by atoms with Gasteiger partial charge >= 0.3 is 0 Å². The number of nitrogens with zero attached hydrogens (tertiary/aromatic N) is 2. The summed E-state index contributed by atoms with van der Waals surface area (Å²) >= 11 is 0. The molecule has 0 saturated carbocycles. The molecule has 28 heavy (non-hydrogen) atoms. The number of furan rings is 1. The molecule has 6 nitrogen and oxygen atoms in total. The molecule has 0 radical (unpaired) electrons. The topological polar surface area (TPSA) is 56.4 Å². The normalized spacial score (nSPS) is 20.1. The predicted octanol–water partition coefficient (Wildman–Crippen LogP) is 4.54. The Balaban J connectivity index is 1.61. The minimum absolute atomic E-state index is 0.0473. The molecule has 3 aromatic rings. The van der Waals surface area contributed by atoms with Crippen LogP contribution in [-0.2, 0) is 0 Å². The van der Waals surface area contributed by atoms with Crippen LogP contribution >= 0.6 is 0 Å². The van der Waals surface area contributed by atoms with Gasteiger partial charge in [0.1, 0.15) is 17.2 Å². The van der Waals surface area contributed by atoms with Crippen molar-refractivity contribution in [1.82, 2.24) is 5.01 Å². The second-order valence-corrected chi connectivity index (χ2v) is 6.75. The van der Waals surface area contributed by atoms with Gasteiger partial charge in [0.05, 0.1) is 26.5 Å². The molecule has 0 saturated heterocycles. The Morgan fingerprint density at radius 3 is 2.57 bits per heavy atom. The van der Waals surface area contributed by atoms with Gasteiger partial charge in [-0.3, -0.25) is 0 Å². The van der Waals surface area contributed by atoms with Crippen LogP contribution in [0, 0.1) is 0 Å². The third-order valence-corrected chi connectivity index (χ3v) is 5.21. The van der Waals surface area contributed by atoms with E-state index in [0.717, 1.165) is 46.3 Å². The first kappa shape index (κ1) is 16.7. The highest BCUT2D eigenvalue weighted by Crippen LogP contribution is 2.50. The van der Waals surface area contributed by atoms with E-state index in [1.165, 1.54) is 0 Å². The molecular weight excluding hydrogens is 356 g/mol. The van der Waals surface area contributed by atoms with Crippen molar-refractivity contribution in [3.63, 3.8) is 0 Å². The molecule has 3 heterocycles. The zero-order valence-electron chi connectivity index (χ0n) is 15.7. The van der Waals surface area contributed by atoms with Gasteiger partial charge in [0.25, 0.3) is 0 Å². The van der Waals surface area contributed by atoms with Crippen molar-refractivity contribution in [3.8, 4) is 17.2 Å². The number of ether oxygens (including phenoxy) is 3. The minimum atomic E-state index is -0.368. The van der Waals surface area contributed by atoms with E-state index in [9.17, 15) is 0 Å². The van der Waals surface area contributed by atoms with Gasteiger partial charge in [0.2, 0.25) is 6.23 Å². The quantitative estimate of drug-likeness (QED) is 0.669. The molecule has 2 aromatic carbocycles. The maximum absolute atomic E-state index is 6.42. The van der Waals surface area contributed by atoms with Crippen LogP contribution < -0.4 is 14.2 Å². The number of methoxy groups -OCH3 is 2. The van der Waals surface area contributed by atoms with Gasteiger partial charge in [-0.15, -0.1) is 0 Å². The van der Waals surface area contributed by atoms with E-state index in [0.29, 0.717) is 0 Å². The van der Waals surface area contributed by atoms with Crippen LogP contribution in [0.4, 0.5) is 0 Å². The molecule has 0 amide bonds. The summed E-state index contributed by atoms with van der Waals surface area (Å²) in [4.78, 5) is 0. The molecule has 2 aliphatic rings. The van der Waals surface area contributed by atoms with Crippen LogP contribution in [0.1, 0.15) is 35.6 Å². The van der Waals surface area contributed by atoms with Crippen molar-refractivity contribution in [2.75, 3.05) is 14.2 Å². The third-order valence-electron chi connectivity index (χ3n) is 5.21. The van der Waals surface area contributed by atoms with Crippen LogP contribution in [0.15, 0.2) is 70.4 Å². The van der Waals surface area contributed by atoms with Crippen LogP contribution in [0.3, 0.4) is 0 Å². The number of hydrazone groups is 1. The van der Waals surface area contributed by atoms with Crippen molar-refractivity contribution >= 4 is 5.71 Å². The molecule has 6 heteroatoms. The summed E-state index contributed by atoms with van der Waals surface area (Å²) in [6.07, 6.45) is 2.04. The first-order valence-electron chi connectivity index (χ1n) is 9.15. The summed E-state index contributed by atoms with van der Waals surface area (Å²) in [5, 5.41) is 6.88. The lowest BCUT2D eigenvalue weighted by molar-refractivity contribution is -0.0209. The minimum Gasteiger partial charge on any atom is -0.497 e. The van der Waals surface area contributed by atoms with Crippen molar-refractivity contribution < 1.29 is 18.6 Å². The van der Waals surface area contributed by atoms with Gasteiger partial charge in [0, 0.05) is 17.5 Å².